The van der Waals surface area contributed by atoms with Gasteiger partial charge in [0.2, 0.25) is 0 Å². The van der Waals surface area contributed by atoms with Crippen LogP contribution < -0.4 is 4.90 Å². The SMILES string of the molecule is C=C/C=C\c1ccc(CCCCCN2CCN(c3ccccc3Cl)CC2)cc1C. The molecule has 0 unspecified atom stereocenters. The lowest BCUT2D eigenvalue weighted by atomic mass is 10.0. The standard InChI is InChI=1S/C26H33ClN2/c1-3-4-11-24-15-14-23(21-22(24)2)10-6-5-9-16-28-17-19-29(20-18-28)26-13-8-7-12-25(26)27/h3-4,7-8,11-15,21H,1,5-6,9-10,16-20H2,2H3/b11-4-. The highest BCUT2D eigenvalue weighted by Gasteiger charge is 2.18. The second-order valence-electron chi connectivity index (χ2n) is 7.88. The van der Waals surface area contributed by atoms with Crippen molar-refractivity contribution in [3.05, 3.63) is 82.9 Å². The number of benzene rings is 2. The number of hydrogen-bond donors (Lipinski definition) is 0. The van der Waals surface area contributed by atoms with Crippen LogP contribution in [0.4, 0.5) is 5.69 Å². The van der Waals surface area contributed by atoms with Gasteiger partial charge in [0.15, 0.2) is 0 Å². The fourth-order valence-electron chi connectivity index (χ4n) is 4.01. The fourth-order valence-corrected chi connectivity index (χ4v) is 4.27. The lowest BCUT2D eigenvalue weighted by Gasteiger charge is -2.36. The first-order valence-electron chi connectivity index (χ1n) is 10.8. The van der Waals surface area contributed by atoms with Crippen molar-refractivity contribution in [1.82, 2.24) is 4.90 Å². The smallest absolute Gasteiger partial charge is 0.0639 e. The van der Waals surface area contributed by atoms with Gasteiger partial charge in [-0.25, -0.2) is 0 Å². The Balaban J connectivity index is 1.33. The van der Waals surface area contributed by atoms with Gasteiger partial charge in [0.25, 0.3) is 0 Å². The molecule has 2 aromatic rings. The van der Waals surface area contributed by atoms with Crippen LogP contribution in [0.5, 0.6) is 0 Å². The van der Waals surface area contributed by atoms with Gasteiger partial charge >= 0.3 is 0 Å². The summed E-state index contributed by atoms with van der Waals surface area (Å²) in [4.78, 5) is 5.01. The van der Waals surface area contributed by atoms with Gasteiger partial charge in [-0.2, -0.15) is 0 Å². The van der Waals surface area contributed by atoms with E-state index in [-0.39, 0.29) is 0 Å². The molecule has 2 aromatic carbocycles. The average Bonchev–Trinajstić information content (AvgIpc) is 2.74. The number of rotatable bonds is 9. The predicted molar refractivity (Wildman–Crippen MR) is 128 cm³/mol. The van der Waals surface area contributed by atoms with Crippen molar-refractivity contribution >= 4 is 23.4 Å². The second kappa shape index (κ2) is 11.2. The monoisotopic (exact) mass is 408 g/mol. The van der Waals surface area contributed by atoms with E-state index in [1.807, 2.05) is 24.3 Å². The predicted octanol–water partition coefficient (Wildman–Crippen LogP) is 6.38. The van der Waals surface area contributed by atoms with E-state index in [1.165, 1.54) is 54.6 Å². The van der Waals surface area contributed by atoms with Gasteiger partial charge in [-0.3, -0.25) is 4.90 Å². The Hall–Kier alpha value is -2.03. The molecule has 0 N–H and O–H groups in total. The summed E-state index contributed by atoms with van der Waals surface area (Å²) in [7, 11) is 0. The van der Waals surface area contributed by atoms with Crippen molar-refractivity contribution in [3.63, 3.8) is 0 Å². The van der Waals surface area contributed by atoms with Crippen molar-refractivity contribution < 1.29 is 0 Å². The topological polar surface area (TPSA) is 6.48 Å². The molecule has 3 rings (SSSR count). The zero-order valence-corrected chi connectivity index (χ0v) is 18.4. The molecule has 1 fully saturated rings. The summed E-state index contributed by atoms with van der Waals surface area (Å²) in [6, 6.07) is 15.0. The summed E-state index contributed by atoms with van der Waals surface area (Å²) < 4.78 is 0. The van der Waals surface area contributed by atoms with Crippen molar-refractivity contribution in [2.75, 3.05) is 37.6 Å². The molecule has 0 aliphatic carbocycles. The lowest BCUT2D eigenvalue weighted by Crippen LogP contribution is -2.46. The number of halogens is 1. The summed E-state index contributed by atoms with van der Waals surface area (Å²) in [6.45, 7) is 11.5. The van der Waals surface area contributed by atoms with E-state index in [0.29, 0.717) is 0 Å². The maximum Gasteiger partial charge on any atom is 0.0639 e. The summed E-state index contributed by atoms with van der Waals surface area (Å²) >= 11 is 6.34. The van der Waals surface area contributed by atoms with Gasteiger partial charge in [-0.05, 0) is 61.6 Å². The summed E-state index contributed by atoms with van der Waals surface area (Å²) in [5, 5.41) is 0.862. The maximum absolute atomic E-state index is 6.34. The highest BCUT2D eigenvalue weighted by Crippen LogP contribution is 2.26. The Morgan fingerprint density at radius 3 is 2.52 bits per heavy atom. The summed E-state index contributed by atoms with van der Waals surface area (Å²) in [5.41, 5.74) is 5.25. The third kappa shape index (κ3) is 6.48. The van der Waals surface area contributed by atoms with E-state index in [0.717, 1.165) is 31.2 Å². The number of hydrogen-bond acceptors (Lipinski definition) is 2. The molecule has 0 amide bonds. The van der Waals surface area contributed by atoms with Crippen molar-refractivity contribution in [2.24, 2.45) is 0 Å². The van der Waals surface area contributed by atoms with Crippen molar-refractivity contribution in [3.8, 4) is 0 Å². The van der Waals surface area contributed by atoms with E-state index in [9.17, 15) is 0 Å². The number of piperazine rings is 1. The Kier molecular flexibility index (Phi) is 8.39. The molecule has 0 aromatic heterocycles. The number of allylic oxidation sites excluding steroid dienone is 2. The Labute approximate surface area is 181 Å². The Morgan fingerprint density at radius 1 is 1.00 bits per heavy atom. The first-order chi connectivity index (χ1) is 14.2. The first-order valence-corrected chi connectivity index (χ1v) is 11.2. The molecule has 0 spiro atoms. The fraction of sp³-hybridized carbons (Fsp3) is 0.385. The van der Waals surface area contributed by atoms with Crippen LogP contribution in [0.1, 0.15) is 36.0 Å². The minimum atomic E-state index is 0.862. The van der Waals surface area contributed by atoms with Crippen LogP contribution in [0.2, 0.25) is 5.02 Å². The molecule has 1 heterocycles. The molecule has 1 aliphatic heterocycles. The first kappa shape index (κ1) is 21.7. The molecule has 1 saturated heterocycles. The highest BCUT2D eigenvalue weighted by atomic mass is 35.5. The van der Waals surface area contributed by atoms with E-state index < -0.39 is 0 Å². The van der Waals surface area contributed by atoms with E-state index >= 15 is 0 Å². The quantitative estimate of drug-likeness (QED) is 0.350. The van der Waals surface area contributed by atoms with Crippen LogP contribution in [0.3, 0.4) is 0 Å². The van der Waals surface area contributed by atoms with Crippen LogP contribution in [-0.4, -0.2) is 37.6 Å². The molecule has 29 heavy (non-hydrogen) atoms. The summed E-state index contributed by atoms with van der Waals surface area (Å²) in [5.74, 6) is 0. The number of unbranched alkanes of at least 4 members (excludes halogenated alkanes) is 2. The number of aryl methyl sites for hydroxylation is 2. The van der Waals surface area contributed by atoms with Crippen LogP contribution >= 0.6 is 11.6 Å². The molecule has 154 valence electrons. The van der Waals surface area contributed by atoms with Gasteiger partial charge in [0, 0.05) is 26.2 Å². The third-order valence-electron chi connectivity index (χ3n) is 5.75. The number of nitrogens with zero attached hydrogens (tertiary/aromatic N) is 2. The van der Waals surface area contributed by atoms with Gasteiger partial charge in [0.1, 0.15) is 0 Å². The van der Waals surface area contributed by atoms with E-state index in [4.69, 9.17) is 11.6 Å². The molecular weight excluding hydrogens is 376 g/mol. The number of para-hydroxylation sites is 1. The molecule has 0 atom stereocenters. The molecule has 0 bridgehead atoms. The van der Waals surface area contributed by atoms with E-state index in [1.54, 1.807) is 0 Å². The van der Waals surface area contributed by atoms with Crippen LogP contribution in [0.25, 0.3) is 6.08 Å². The molecule has 3 heteroatoms. The maximum atomic E-state index is 6.34. The van der Waals surface area contributed by atoms with Crippen molar-refractivity contribution in [2.45, 2.75) is 32.6 Å². The van der Waals surface area contributed by atoms with Crippen LogP contribution in [-0.2, 0) is 6.42 Å². The largest absolute Gasteiger partial charge is 0.368 e. The Bertz CT molecular complexity index is 819. The minimum Gasteiger partial charge on any atom is -0.368 e. The zero-order valence-electron chi connectivity index (χ0n) is 17.6. The van der Waals surface area contributed by atoms with Gasteiger partial charge in [-0.15, -0.1) is 0 Å². The lowest BCUT2D eigenvalue weighted by molar-refractivity contribution is 0.252. The molecule has 0 radical (unpaired) electrons. The normalized spacial score (nSPS) is 15.2. The number of anilines is 1. The van der Waals surface area contributed by atoms with Crippen molar-refractivity contribution in [1.29, 1.82) is 0 Å². The third-order valence-corrected chi connectivity index (χ3v) is 6.07. The second-order valence-corrected chi connectivity index (χ2v) is 8.28. The Morgan fingerprint density at radius 2 is 1.79 bits per heavy atom. The van der Waals surface area contributed by atoms with Crippen LogP contribution in [0, 0.1) is 6.92 Å². The van der Waals surface area contributed by atoms with Gasteiger partial charge in [0.05, 0.1) is 10.7 Å². The van der Waals surface area contributed by atoms with Gasteiger partial charge in [-0.1, -0.05) is 73.2 Å². The average molecular weight is 409 g/mol. The molecule has 2 nitrogen and oxygen atoms in total. The molecular formula is C26H33ClN2. The zero-order chi connectivity index (χ0) is 20.5. The highest BCUT2D eigenvalue weighted by molar-refractivity contribution is 6.33. The summed E-state index contributed by atoms with van der Waals surface area (Å²) in [6.07, 6.45) is 11.0. The molecule has 0 saturated carbocycles. The van der Waals surface area contributed by atoms with Crippen LogP contribution in [0.15, 0.2) is 61.2 Å². The van der Waals surface area contributed by atoms with Gasteiger partial charge < -0.3 is 4.90 Å². The minimum absolute atomic E-state index is 0.862. The van der Waals surface area contributed by atoms with E-state index in [2.05, 4.69) is 59.7 Å². The molecule has 1 aliphatic rings.